The highest BCUT2D eigenvalue weighted by Gasteiger charge is 2.15. The summed E-state index contributed by atoms with van der Waals surface area (Å²) in [7, 11) is 5.95. The zero-order valence-electron chi connectivity index (χ0n) is 18.8. The molecule has 0 atom stereocenters. The first-order valence-corrected chi connectivity index (χ1v) is 10.2. The summed E-state index contributed by atoms with van der Waals surface area (Å²) in [6.07, 6.45) is 1.84. The average Bonchev–Trinajstić information content (AvgIpc) is 3.03. The molecule has 0 spiro atoms. The van der Waals surface area contributed by atoms with Crippen LogP contribution in [0.1, 0.15) is 28.5 Å². The van der Waals surface area contributed by atoms with E-state index in [2.05, 4.69) is 20.5 Å². The van der Waals surface area contributed by atoms with Crippen molar-refractivity contribution in [3.05, 3.63) is 59.4 Å². The van der Waals surface area contributed by atoms with Crippen LogP contribution >= 0.6 is 0 Å². The first kappa shape index (κ1) is 22.3. The van der Waals surface area contributed by atoms with Gasteiger partial charge in [0.05, 0.1) is 11.3 Å². The van der Waals surface area contributed by atoms with Gasteiger partial charge in [-0.3, -0.25) is 14.0 Å². The summed E-state index contributed by atoms with van der Waals surface area (Å²) in [5, 5.41) is 5.73. The van der Waals surface area contributed by atoms with Gasteiger partial charge in [-0.15, -0.1) is 0 Å². The Bertz CT molecular complexity index is 1070. The highest BCUT2D eigenvalue weighted by molar-refractivity contribution is 5.94. The Balaban J connectivity index is 1.79. The van der Waals surface area contributed by atoms with Crippen LogP contribution in [0.15, 0.2) is 42.6 Å². The van der Waals surface area contributed by atoms with E-state index in [0.717, 1.165) is 35.0 Å². The summed E-state index contributed by atoms with van der Waals surface area (Å²) in [6, 6.07) is 11.4. The van der Waals surface area contributed by atoms with Crippen LogP contribution in [0.3, 0.4) is 0 Å². The second-order valence-electron chi connectivity index (χ2n) is 7.96. The summed E-state index contributed by atoms with van der Waals surface area (Å²) in [5.41, 5.74) is 4.16. The van der Waals surface area contributed by atoms with Crippen molar-refractivity contribution < 1.29 is 9.59 Å². The number of aryl methyl sites for hydroxylation is 1. The lowest BCUT2D eigenvalue weighted by molar-refractivity contribution is -0.114. The minimum atomic E-state index is -0.0998. The van der Waals surface area contributed by atoms with Crippen molar-refractivity contribution in [3.63, 3.8) is 0 Å². The van der Waals surface area contributed by atoms with Crippen LogP contribution in [0.2, 0.25) is 0 Å². The first-order chi connectivity index (χ1) is 14.7. The summed E-state index contributed by atoms with van der Waals surface area (Å²) in [6.45, 7) is 5.50. The Morgan fingerprint density at radius 3 is 2.42 bits per heavy atom. The van der Waals surface area contributed by atoms with Gasteiger partial charge in [-0.2, -0.15) is 0 Å². The molecule has 8 nitrogen and oxygen atoms in total. The topological polar surface area (TPSA) is 82.0 Å². The average molecular weight is 423 g/mol. The van der Waals surface area contributed by atoms with Gasteiger partial charge in [0.25, 0.3) is 5.91 Å². The van der Waals surface area contributed by atoms with Crippen molar-refractivity contribution in [2.45, 2.75) is 20.4 Å². The third kappa shape index (κ3) is 5.61. The molecule has 0 aliphatic heterocycles. The highest BCUT2D eigenvalue weighted by Crippen LogP contribution is 2.23. The SMILES string of the molecule is CC(=O)Nc1ccc(CN(C)c2c(C)nc3ccc(C(=O)NCCN(C)C)cn23)cc1. The molecule has 0 aliphatic rings. The molecular formula is C23H30N6O2. The van der Waals surface area contributed by atoms with Gasteiger partial charge in [-0.1, -0.05) is 12.1 Å². The fraction of sp³-hybridized carbons (Fsp3) is 0.348. The quantitative estimate of drug-likeness (QED) is 0.583. The van der Waals surface area contributed by atoms with Gasteiger partial charge in [0.15, 0.2) is 0 Å². The normalized spacial score (nSPS) is 11.0. The van der Waals surface area contributed by atoms with Crippen LogP contribution < -0.4 is 15.5 Å². The minimum Gasteiger partial charge on any atom is -0.355 e. The van der Waals surface area contributed by atoms with Gasteiger partial charge in [0, 0.05) is 45.5 Å². The Hall–Kier alpha value is -3.39. The molecule has 0 bridgehead atoms. The van der Waals surface area contributed by atoms with E-state index >= 15 is 0 Å². The summed E-state index contributed by atoms with van der Waals surface area (Å²) in [4.78, 5) is 32.5. The third-order valence-corrected chi connectivity index (χ3v) is 4.92. The maximum Gasteiger partial charge on any atom is 0.252 e. The van der Waals surface area contributed by atoms with Crippen LogP contribution in [0, 0.1) is 6.92 Å². The number of benzene rings is 1. The van der Waals surface area contributed by atoms with Crippen molar-refractivity contribution in [2.75, 3.05) is 44.4 Å². The molecule has 164 valence electrons. The van der Waals surface area contributed by atoms with E-state index in [-0.39, 0.29) is 11.8 Å². The number of imidazole rings is 1. The van der Waals surface area contributed by atoms with E-state index in [1.54, 1.807) is 6.07 Å². The summed E-state index contributed by atoms with van der Waals surface area (Å²) >= 11 is 0. The van der Waals surface area contributed by atoms with Gasteiger partial charge in [0.2, 0.25) is 5.91 Å². The van der Waals surface area contributed by atoms with Crippen molar-refractivity contribution in [1.29, 1.82) is 0 Å². The fourth-order valence-electron chi connectivity index (χ4n) is 3.48. The largest absolute Gasteiger partial charge is 0.355 e. The van der Waals surface area contributed by atoms with Gasteiger partial charge >= 0.3 is 0 Å². The van der Waals surface area contributed by atoms with Crippen LogP contribution in [0.4, 0.5) is 11.5 Å². The number of fused-ring (bicyclic) bond motifs is 1. The second-order valence-corrected chi connectivity index (χ2v) is 7.96. The number of amides is 2. The number of carbonyl (C=O) groups is 2. The summed E-state index contributed by atoms with van der Waals surface area (Å²) < 4.78 is 1.96. The van der Waals surface area contributed by atoms with Crippen LogP contribution in [-0.4, -0.2) is 60.3 Å². The van der Waals surface area contributed by atoms with E-state index in [1.165, 1.54) is 6.92 Å². The lowest BCUT2D eigenvalue weighted by Gasteiger charge is -2.20. The molecule has 0 saturated carbocycles. The highest BCUT2D eigenvalue weighted by atomic mass is 16.2. The zero-order valence-corrected chi connectivity index (χ0v) is 18.8. The number of likely N-dealkylation sites (N-methyl/N-ethyl adjacent to an activating group) is 1. The van der Waals surface area contributed by atoms with Crippen molar-refractivity contribution in [3.8, 4) is 0 Å². The van der Waals surface area contributed by atoms with E-state index in [0.29, 0.717) is 18.7 Å². The molecule has 0 unspecified atom stereocenters. The molecule has 0 saturated heterocycles. The fourth-order valence-corrected chi connectivity index (χ4v) is 3.48. The maximum absolute atomic E-state index is 12.6. The lowest BCUT2D eigenvalue weighted by atomic mass is 10.2. The molecular weight excluding hydrogens is 392 g/mol. The number of hydrogen-bond acceptors (Lipinski definition) is 5. The molecule has 0 radical (unpaired) electrons. The number of aromatic nitrogens is 2. The van der Waals surface area contributed by atoms with E-state index in [1.807, 2.05) is 73.9 Å². The maximum atomic E-state index is 12.6. The molecule has 0 aliphatic carbocycles. The van der Waals surface area contributed by atoms with Crippen molar-refractivity contribution in [2.24, 2.45) is 0 Å². The molecule has 3 rings (SSSR count). The summed E-state index contributed by atoms with van der Waals surface area (Å²) in [5.74, 6) is 0.744. The van der Waals surface area contributed by atoms with Gasteiger partial charge in [-0.05, 0) is 50.8 Å². The predicted molar refractivity (Wildman–Crippen MR) is 124 cm³/mol. The molecule has 2 N–H and O–H groups in total. The third-order valence-electron chi connectivity index (χ3n) is 4.92. The number of carbonyl (C=O) groups excluding carboxylic acids is 2. The number of anilines is 2. The van der Waals surface area contributed by atoms with Crippen molar-refractivity contribution >= 4 is 29.0 Å². The Morgan fingerprint density at radius 2 is 1.77 bits per heavy atom. The molecule has 31 heavy (non-hydrogen) atoms. The lowest BCUT2D eigenvalue weighted by Crippen LogP contribution is -2.31. The van der Waals surface area contributed by atoms with Crippen LogP contribution in [-0.2, 0) is 11.3 Å². The van der Waals surface area contributed by atoms with Crippen LogP contribution in [0.25, 0.3) is 5.65 Å². The zero-order chi connectivity index (χ0) is 22.5. The van der Waals surface area contributed by atoms with Gasteiger partial charge < -0.3 is 20.4 Å². The van der Waals surface area contributed by atoms with Gasteiger partial charge in [-0.25, -0.2) is 4.98 Å². The smallest absolute Gasteiger partial charge is 0.252 e. The molecule has 1 aromatic carbocycles. The number of rotatable bonds is 8. The molecule has 8 heteroatoms. The Kier molecular flexibility index (Phi) is 6.91. The molecule has 2 amide bonds. The van der Waals surface area contributed by atoms with Gasteiger partial charge in [0.1, 0.15) is 11.5 Å². The molecule has 2 heterocycles. The molecule has 2 aromatic heterocycles. The van der Waals surface area contributed by atoms with E-state index in [9.17, 15) is 9.59 Å². The van der Waals surface area contributed by atoms with Crippen molar-refractivity contribution in [1.82, 2.24) is 19.6 Å². The predicted octanol–water partition coefficient (Wildman–Crippen LogP) is 2.53. The second kappa shape index (κ2) is 9.61. The first-order valence-electron chi connectivity index (χ1n) is 10.2. The Labute approximate surface area is 182 Å². The monoisotopic (exact) mass is 422 g/mol. The number of nitrogens with zero attached hydrogens (tertiary/aromatic N) is 4. The minimum absolute atomic E-state index is 0.0900. The molecule has 0 fully saturated rings. The number of nitrogens with one attached hydrogen (secondary N) is 2. The molecule has 3 aromatic rings. The van der Waals surface area contributed by atoms with E-state index in [4.69, 9.17) is 0 Å². The number of hydrogen-bond donors (Lipinski definition) is 2. The van der Waals surface area contributed by atoms with Crippen LogP contribution in [0.5, 0.6) is 0 Å². The Morgan fingerprint density at radius 1 is 1.06 bits per heavy atom. The van der Waals surface area contributed by atoms with E-state index < -0.39 is 0 Å². The number of pyridine rings is 1. The standard InChI is InChI=1S/C23H30N6O2/c1-16-23(28(5)14-18-6-9-20(10-7-18)26-17(2)30)29-15-19(8-11-21(29)25-16)22(31)24-12-13-27(3)4/h6-11,15H,12-14H2,1-5H3,(H,24,31)(H,26,30).